The molecule has 0 amide bonds. The topological polar surface area (TPSA) is 32.7 Å². The zero-order valence-corrected chi connectivity index (χ0v) is 10.3. The van der Waals surface area contributed by atoms with E-state index in [0.717, 1.165) is 30.0 Å². The Balaban J connectivity index is 2.32. The zero-order valence-electron chi connectivity index (χ0n) is 10.3. The van der Waals surface area contributed by atoms with E-state index < -0.39 is 0 Å². The van der Waals surface area contributed by atoms with Gasteiger partial charge in [-0.2, -0.15) is 4.99 Å². The maximum Gasteiger partial charge on any atom is 0.240 e. The molecule has 1 fully saturated rings. The smallest absolute Gasteiger partial charge is 0.240 e. The Morgan fingerprint density at radius 3 is 2.53 bits per heavy atom. The maximum absolute atomic E-state index is 10.5. The molecule has 3 nitrogen and oxygen atoms in total. The molecule has 1 aliphatic heterocycles. The van der Waals surface area contributed by atoms with Gasteiger partial charge < -0.3 is 4.90 Å². The molecule has 3 heteroatoms. The van der Waals surface area contributed by atoms with Crippen LogP contribution in [-0.2, 0) is 4.79 Å². The van der Waals surface area contributed by atoms with Gasteiger partial charge in [-0.3, -0.25) is 0 Å². The molecule has 0 bridgehead atoms. The lowest BCUT2D eigenvalue weighted by atomic mass is 10.1. The summed E-state index contributed by atoms with van der Waals surface area (Å²) in [6, 6.07) is 6.09. The van der Waals surface area contributed by atoms with Crippen LogP contribution in [0.15, 0.2) is 23.2 Å². The number of anilines is 1. The molecule has 0 saturated carbocycles. The molecule has 0 atom stereocenters. The minimum atomic E-state index is 0.752. The average molecular weight is 230 g/mol. The van der Waals surface area contributed by atoms with Gasteiger partial charge in [0.05, 0.1) is 11.4 Å². The number of hydrogen-bond donors (Lipinski definition) is 0. The second kappa shape index (κ2) is 5.65. The number of carbonyl (C=O) groups excluding carboxylic acids is 1. The van der Waals surface area contributed by atoms with Crippen molar-refractivity contribution in [2.45, 2.75) is 32.6 Å². The first kappa shape index (κ1) is 11.9. The maximum atomic E-state index is 10.5. The number of aliphatic imine (C=N–C) groups is 1. The highest BCUT2D eigenvalue weighted by Crippen LogP contribution is 2.31. The van der Waals surface area contributed by atoms with E-state index in [4.69, 9.17) is 0 Å². The lowest BCUT2D eigenvalue weighted by Crippen LogP contribution is -2.23. The van der Waals surface area contributed by atoms with Gasteiger partial charge in [0.25, 0.3) is 0 Å². The molecule has 1 aromatic carbocycles. The van der Waals surface area contributed by atoms with E-state index in [1.165, 1.54) is 25.7 Å². The quantitative estimate of drug-likeness (QED) is 0.576. The van der Waals surface area contributed by atoms with Crippen LogP contribution in [0, 0.1) is 6.92 Å². The predicted octanol–water partition coefficient (Wildman–Crippen LogP) is 3.34. The van der Waals surface area contributed by atoms with Crippen molar-refractivity contribution >= 4 is 17.5 Å². The lowest BCUT2D eigenvalue weighted by Gasteiger charge is -2.24. The first-order valence-corrected chi connectivity index (χ1v) is 6.25. The third-order valence-electron chi connectivity index (χ3n) is 3.24. The van der Waals surface area contributed by atoms with Crippen molar-refractivity contribution in [2.75, 3.05) is 18.0 Å². The summed E-state index contributed by atoms with van der Waals surface area (Å²) in [6.07, 6.45) is 6.70. The second-order valence-electron chi connectivity index (χ2n) is 4.60. The van der Waals surface area contributed by atoms with Gasteiger partial charge in [0.1, 0.15) is 0 Å². The average Bonchev–Trinajstić information content (AvgIpc) is 2.58. The van der Waals surface area contributed by atoms with Crippen molar-refractivity contribution < 1.29 is 4.79 Å². The minimum absolute atomic E-state index is 0.752. The third kappa shape index (κ3) is 2.95. The third-order valence-corrected chi connectivity index (χ3v) is 3.24. The Kier molecular flexibility index (Phi) is 3.94. The summed E-state index contributed by atoms with van der Waals surface area (Å²) in [5.41, 5.74) is 2.94. The van der Waals surface area contributed by atoms with E-state index in [-0.39, 0.29) is 0 Å². The highest BCUT2D eigenvalue weighted by atomic mass is 16.1. The van der Waals surface area contributed by atoms with Crippen LogP contribution < -0.4 is 4.90 Å². The van der Waals surface area contributed by atoms with Crippen molar-refractivity contribution in [3.63, 3.8) is 0 Å². The number of aryl methyl sites for hydroxylation is 1. The Morgan fingerprint density at radius 2 is 1.88 bits per heavy atom. The summed E-state index contributed by atoms with van der Waals surface area (Å²) in [5.74, 6) is 0. The summed E-state index contributed by atoms with van der Waals surface area (Å²) in [5, 5.41) is 0. The largest absolute Gasteiger partial charge is 0.370 e. The molecule has 0 spiro atoms. The standard InChI is InChI=1S/C14H18N2O/c1-12-6-7-14(13(10-12)15-11-17)16-8-4-2-3-5-9-16/h6-7,10H,2-5,8-9H2,1H3. The molecule has 2 rings (SSSR count). The highest BCUT2D eigenvalue weighted by Gasteiger charge is 2.13. The molecule has 0 unspecified atom stereocenters. The van der Waals surface area contributed by atoms with Crippen molar-refractivity contribution in [3.05, 3.63) is 23.8 Å². The highest BCUT2D eigenvalue weighted by molar-refractivity contribution is 5.70. The first-order chi connectivity index (χ1) is 8.31. The molecule has 1 aromatic rings. The number of rotatable bonds is 2. The molecular weight excluding hydrogens is 212 g/mol. The van der Waals surface area contributed by atoms with E-state index >= 15 is 0 Å². The fraction of sp³-hybridized carbons (Fsp3) is 0.500. The van der Waals surface area contributed by atoms with Crippen LogP contribution in [0.25, 0.3) is 0 Å². The van der Waals surface area contributed by atoms with Crippen LogP contribution >= 0.6 is 0 Å². The molecule has 1 aliphatic rings. The fourth-order valence-corrected chi connectivity index (χ4v) is 2.35. The van der Waals surface area contributed by atoms with Crippen molar-refractivity contribution in [2.24, 2.45) is 4.99 Å². The molecule has 0 radical (unpaired) electrons. The predicted molar refractivity (Wildman–Crippen MR) is 69.6 cm³/mol. The molecule has 0 aromatic heterocycles. The molecular formula is C14H18N2O. The number of hydrogen-bond acceptors (Lipinski definition) is 3. The Hall–Kier alpha value is -1.60. The number of isocyanates is 1. The second-order valence-corrected chi connectivity index (χ2v) is 4.60. The van der Waals surface area contributed by atoms with Crippen molar-refractivity contribution in [3.8, 4) is 0 Å². The summed E-state index contributed by atoms with van der Waals surface area (Å²) < 4.78 is 0. The lowest BCUT2D eigenvalue weighted by molar-refractivity contribution is 0.565. The van der Waals surface area contributed by atoms with Gasteiger partial charge >= 0.3 is 0 Å². The fourth-order valence-electron chi connectivity index (χ4n) is 2.35. The van der Waals surface area contributed by atoms with Gasteiger partial charge in [-0.25, -0.2) is 4.79 Å². The van der Waals surface area contributed by atoms with E-state index in [1.54, 1.807) is 6.08 Å². The normalized spacial score (nSPS) is 16.2. The van der Waals surface area contributed by atoms with Crippen LogP contribution in [0.3, 0.4) is 0 Å². The molecule has 1 heterocycles. The Labute approximate surface area is 102 Å². The van der Waals surface area contributed by atoms with Crippen molar-refractivity contribution in [1.29, 1.82) is 0 Å². The molecule has 17 heavy (non-hydrogen) atoms. The summed E-state index contributed by atoms with van der Waals surface area (Å²) in [6.45, 7) is 4.13. The summed E-state index contributed by atoms with van der Waals surface area (Å²) >= 11 is 0. The van der Waals surface area contributed by atoms with Gasteiger partial charge in [0.15, 0.2) is 0 Å². The van der Waals surface area contributed by atoms with Crippen LogP contribution in [0.5, 0.6) is 0 Å². The van der Waals surface area contributed by atoms with Gasteiger partial charge in [-0.1, -0.05) is 18.9 Å². The van der Waals surface area contributed by atoms with E-state index in [9.17, 15) is 4.79 Å². The monoisotopic (exact) mass is 230 g/mol. The van der Waals surface area contributed by atoms with Gasteiger partial charge in [0.2, 0.25) is 6.08 Å². The number of benzene rings is 1. The van der Waals surface area contributed by atoms with Crippen molar-refractivity contribution in [1.82, 2.24) is 0 Å². The van der Waals surface area contributed by atoms with E-state index in [0.29, 0.717) is 0 Å². The first-order valence-electron chi connectivity index (χ1n) is 6.25. The van der Waals surface area contributed by atoms with Gasteiger partial charge in [-0.15, -0.1) is 0 Å². The molecule has 0 N–H and O–H groups in total. The van der Waals surface area contributed by atoms with Gasteiger partial charge in [0, 0.05) is 13.1 Å². The Morgan fingerprint density at radius 1 is 1.18 bits per heavy atom. The molecule has 1 saturated heterocycles. The van der Waals surface area contributed by atoms with Crippen LogP contribution in [0.2, 0.25) is 0 Å². The van der Waals surface area contributed by atoms with Gasteiger partial charge in [-0.05, 0) is 37.5 Å². The minimum Gasteiger partial charge on any atom is -0.370 e. The van der Waals surface area contributed by atoms with Crippen LogP contribution in [-0.4, -0.2) is 19.2 Å². The Bertz CT molecular complexity index is 428. The van der Waals surface area contributed by atoms with E-state index in [1.807, 2.05) is 13.0 Å². The zero-order chi connectivity index (χ0) is 12.1. The van der Waals surface area contributed by atoms with Crippen LogP contribution in [0.4, 0.5) is 11.4 Å². The SMILES string of the molecule is Cc1ccc(N2CCCCCC2)c(N=C=O)c1. The number of nitrogens with zero attached hydrogens (tertiary/aromatic N) is 2. The summed E-state index contributed by atoms with van der Waals surface area (Å²) in [7, 11) is 0. The van der Waals surface area contributed by atoms with E-state index in [2.05, 4.69) is 22.0 Å². The van der Waals surface area contributed by atoms with Crippen LogP contribution in [0.1, 0.15) is 31.2 Å². The molecule has 90 valence electrons. The summed E-state index contributed by atoms with van der Waals surface area (Å²) in [4.78, 5) is 16.6. The molecule has 0 aliphatic carbocycles.